The van der Waals surface area contributed by atoms with Gasteiger partial charge in [-0.25, -0.2) is 0 Å². The number of likely N-dealkylation sites (N-methyl/N-ethyl adjacent to an activating group) is 1. The summed E-state index contributed by atoms with van der Waals surface area (Å²) in [5, 5.41) is 12.0. The fourth-order valence-corrected chi connectivity index (χ4v) is 2.97. The van der Waals surface area contributed by atoms with Gasteiger partial charge in [-0.15, -0.1) is 5.06 Å². The lowest BCUT2D eigenvalue weighted by molar-refractivity contribution is -0.235. The van der Waals surface area contributed by atoms with Crippen molar-refractivity contribution in [2.45, 2.75) is 45.8 Å². The van der Waals surface area contributed by atoms with Crippen LogP contribution >= 0.6 is 0 Å². The lowest BCUT2D eigenvalue weighted by Crippen LogP contribution is -2.55. The van der Waals surface area contributed by atoms with E-state index in [-0.39, 0.29) is 11.8 Å². The maximum Gasteiger partial charge on any atom is 0.251 e. The first-order chi connectivity index (χ1) is 9.16. The van der Waals surface area contributed by atoms with E-state index >= 15 is 0 Å². The molecule has 1 amide bonds. The quantitative estimate of drug-likeness (QED) is 0.903. The number of nitrogens with zero attached hydrogens (tertiary/aromatic N) is 2. The van der Waals surface area contributed by atoms with Crippen LogP contribution in [0.4, 0.5) is 0 Å². The summed E-state index contributed by atoms with van der Waals surface area (Å²) in [5.74, 6) is 0.0220. The standard InChI is InChI=1S/C16H24N2O2/c1-11(2)16(5)17(6)14(19)15(4,18(16)20)13-9-7-12(3)8-10-13/h7-11,20H,1-6H3/t15-,16+/m1/s1. The van der Waals surface area contributed by atoms with Gasteiger partial charge in [0.05, 0.1) is 0 Å². The predicted molar refractivity (Wildman–Crippen MR) is 78.2 cm³/mol. The summed E-state index contributed by atoms with van der Waals surface area (Å²) in [4.78, 5) is 14.4. The van der Waals surface area contributed by atoms with E-state index in [2.05, 4.69) is 0 Å². The molecule has 20 heavy (non-hydrogen) atoms. The molecule has 2 atom stereocenters. The van der Waals surface area contributed by atoms with Crippen LogP contribution in [0, 0.1) is 12.8 Å². The lowest BCUT2D eigenvalue weighted by Gasteiger charge is -2.41. The molecule has 0 radical (unpaired) electrons. The van der Waals surface area contributed by atoms with Gasteiger partial charge in [-0.1, -0.05) is 43.7 Å². The monoisotopic (exact) mass is 276 g/mol. The number of hydrogen-bond donors (Lipinski definition) is 1. The highest BCUT2D eigenvalue weighted by molar-refractivity contribution is 5.90. The van der Waals surface area contributed by atoms with Crippen LogP contribution in [-0.2, 0) is 10.3 Å². The number of aryl methyl sites for hydroxylation is 1. The average Bonchev–Trinajstić information content (AvgIpc) is 2.55. The van der Waals surface area contributed by atoms with Gasteiger partial charge in [0.2, 0.25) is 0 Å². The zero-order valence-corrected chi connectivity index (χ0v) is 13.1. The second-order valence-corrected chi connectivity index (χ2v) is 6.36. The zero-order chi connectivity index (χ0) is 15.3. The lowest BCUT2D eigenvalue weighted by atomic mass is 9.90. The van der Waals surface area contributed by atoms with Gasteiger partial charge in [-0.2, -0.15) is 0 Å². The van der Waals surface area contributed by atoms with Crippen LogP contribution in [0.1, 0.15) is 38.8 Å². The third-order valence-corrected chi connectivity index (χ3v) is 4.96. The van der Waals surface area contributed by atoms with E-state index in [1.807, 2.05) is 52.0 Å². The topological polar surface area (TPSA) is 43.8 Å². The largest absolute Gasteiger partial charge is 0.323 e. The first-order valence-corrected chi connectivity index (χ1v) is 7.01. The summed E-state index contributed by atoms with van der Waals surface area (Å²) < 4.78 is 0. The molecule has 1 heterocycles. The second kappa shape index (κ2) is 4.57. The molecular weight excluding hydrogens is 252 g/mol. The van der Waals surface area contributed by atoms with E-state index in [9.17, 15) is 10.0 Å². The van der Waals surface area contributed by atoms with E-state index in [1.165, 1.54) is 5.06 Å². The zero-order valence-electron chi connectivity index (χ0n) is 13.1. The van der Waals surface area contributed by atoms with Gasteiger partial charge in [0, 0.05) is 7.05 Å². The first kappa shape index (κ1) is 15.0. The van der Waals surface area contributed by atoms with Crippen LogP contribution in [0.3, 0.4) is 0 Å². The summed E-state index contributed by atoms with van der Waals surface area (Å²) in [6, 6.07) is 7.76. The van der Waals surface area contributed by atoms with E-state index in [0.29, 0.717) is 0 Å². The predicted octanol–water partition coefficient (Wildman–Crippen LogP) is 2.75. The Morgan fingerprint density at radius 3 is 2.05 bits per heavy atom. The van der Waals surface area contributed by atoms with Gasteiger partial charge < -0.3 is 10.1 Å². The highest BCUT2D eigenvalue weighted by atomic mass is 16.5. The van der Waals surface area contributed by atoms with Crippen molar-refractivity contribution in [2.75, 3.05) is 7.05 Å². The molecule has 1 aliphatic rings. The minimum Gasteiger partial charge on any atom is -0.323 e. The molecule has 1 fully saturated rings. The van der Waals surface area contributed by atoms with Crippen LogP contribution in [0.25, 0.3) is 0 Å². The van der Waals surface area contributed by atoms with Crippen molar-refractivity contribution < 1.29 is 10.0 Å². The Bertz CT molecular complexity index is 526. The third-order valence-electron chi connectivity index (χ3n) is 4.96. The minimum atomic E-state index is -1.04. The Morgan fingerprint density at radius 1 is 1.15 bits per heavy atom. The van der Waals surface area contributed by atoms with E-state index in [0.717, 1.165) is 11.1 Å². The van der Waals surface area contributed by atoms with Gasteiger partial charge in [-0.05, 0) is 32.3 Å². The summed E-state index contributed by atoms with van der Waals surface area (Å²) >= 11 is 0. The van der Waals surface area contributed by atoms with Crippen molar-refractivity contribution >= 4 is 5.91 Å². The van der Waals surface area contributed by atoms with E-state index in [4.69, 9.17) is 0 Å². The molecule has 4 nitrogen and oxygen atoms in total. The number of benzene rings is 1. The molecule has 1 N–H and O–H groups in total. The third kappa shape index (κ3) is 1.71. The van der Waals surface area contributed by atoms with Crippen molar-refractivity contribution in [1.82, 2.24) is 9.96 Å². The molecule has 1 aromatic carbocycles. The van der Waals surface area contributed by atoms with Crippen molar-refractivity contribution in [1.29, 1.82) is 0 Å². The second-order valence-electron chi connectivity index (χ2n) is 6.36. The summed E-state index contributed by atoms with van der Waals surface area (Å²) in [5.41, 5.74) is 0.192. The molecule has 4 heteroatoms. The number of hydroxylamine groups is 2. The number of carbonyl (C=O) groups is 1. The molecule has 1 aromatic rings. The minimum absolute atomic E-state index is 0.0833. The Hall–Kier alpha value is -1.39. The van der Waals surface area contributed by atoms with Gasteiger partial charge in [0.15, 0.2) is 0 Å². The molecule has 0 saturated carbocycles. The smallest absolute Gasteiger partial charge is 0.251 e. The molecule has 1 aliphatic heterocycles. The normalized spacial score (nSPS) is 31.4. The molecule has 0 unspecified atom stereocenters. The van der Waals surface area contributed by atoms with Gasteiger partial charge in [-0.3, -0.25) is 4.79 Å². The average molecular weight is 276 g/mol. The van der Waals surface area contributed by atoms with Gasteiger partial charge in [0.1, 0.15) is 11.2 Å². The Balaban J connectivity index is 2.57. The van der Waals surface area contributed by atoms with Crippen molar-refractivity contribution in [3.8, 4) is 0 Å². The van der Waals surface area contributed by atoms with Crippen LogP contribution in [0.5, 0.6) is 0 Å². The van der Waals surface area contributed by atoms with Crippen molar-refractivity contribution in [3.05, 3.63) is 35.4 Å². The Labute approximate surface area is 121 Å². The number of rotatable bonds is 2. The SMILES string of the molecule is Cc1ccc([C@]2(C)C(=O)N(C)[C@](C)(C(C)C)N2O)cc1. The molecule has 1 saturated heterocycles. The fourth-order valence-electron chi connectivity index (χ4n) is 2.97. The number of carbonyl (C=O) groups excluding carboxylic acids is 1. The van der Waals surface area contributed by atoms with Crippen molar-refractivity contribution in [2.24, 2.45) is 5.92 Å². The highest BCUT2D eigenvalue weighted by Gasteiger charge is 2.61. The molecule has 2 rings (SSSR count). The van der Waals surface area contributed by atoms with Gasteiger partial charge >= 0.3 is 0 Å². The van der Waals surface area contributed by atoms with E-state index < -0.39 is 11.2 Å². The molecular formula is C16H24N2O2. The van der Waals surface area contributed by atoms with Crippen LogP contribution < -0.4 is 0 Å². The number of hydrogen-bond acceptors (Lipinski definition) is 3. The first-order valence-electron chi connectivity index (χ1n) is 7.01. The van der Waals surface area contributed by atoms with Crippen LogP contribution in [0.2, 0.25) is 0 Å². The maximum absolute atomic E-state index is 12.8. The molecule has 0 aliphatic carbocycles. The van der Waals surface area contributed by atoms with E-state index in [1.54, 1.807) is 18.9 Å². The highest BCUT2D eigenvalue weighted by Crippen LogP contribution is 2.45. The van der Waals surface area contributed by atoms with Gasteiger partial charge in [0.25, 0.3) is 5.91 Å². The Morgan fingerprint density at radius 2 is 1.65 bits per heavy atom. The summed E-state index contributed by atoms with van der Waals surface area (Å²) in [6.07, 6.45) is 0. The molecule has 0 bridgehead atoms. The summed E-state index contributed by atoms with van der Waals surface area (Å²) in [7, 11) is 1.75. The van der Waals surface area contributed by atoms with Crippen LogP contribution in [0.15, 0.2) is 24.3 Å². The molecule has 0 aromatic heterocycles. The maximum atomic E-state index is 12.8. The fraction of sp³-hybridized carbons (Fsp3) is 0.562. The Kier molecular flexibility index (Phi) is 3.43. The van der Waals surface area contributed by atoms with Crippen molar-refractivity contribution in [3.63, 3.8) is 0 Å². The summed E-state index contributed by atoms with van der Waals surface area (Å²) in [6.45, 7) is 9.70. The molecule has 110 valence electrons. The molecule has 0 spiro atoms. The number of amides is 1. The van der Waals surface area contributed by atoms with Crippen LogP contribution in [-0.4, -0.2) is 33.8 Å².